The van der Waals surface area contributed by atoms with Gasteiger partial charge in [0, 0.05) is 22.2 Å². The Bertz CT molecular complexity index is 575. The van der Waals surface area contributed by atoms with Crippen LogP contribution in [-0.4, -0.2) is 6.18 Å². The van der Waals surface area contributed by atoms with Gasteiger partial charge in [0.1, 0.15) is 0 Å². The Morgan fingerprint density at radius 1 is 1.30 bits per heavy atom. The van der Waals surface area contributed by atoms with E-state index in [1.165, 1.54) is 12.1 Å². The second-order valence-corrected chi connectivity index (χ2v) is 5.01. The van der Waals surface area contributed by atoms with Gasteiger partial charge in [-0.15, -0.1) is 0 Å². The Balaban J connectivity index is 2.61. The van der Waals surface area contributed by atoms with Crippen molar-refractivity contribution in [2.24, 2.45) is 11.8 Å². The van der Waals surface area contributed by atoms with Gasteiger partial charge < -0.3 is 5.73 Å². The third-order valence-electron chi connectivity index (χ3n) is 3.00. The Morgan fingerprint density at radius 2 is 1.95 bits per heavy atom. The highest BCUT2D eigenvalue weighted by Gasteiger charge is 2.58. The van der Waals surface area contributed by atoms with Gasteiger partial charge in [-0.3, -0.25) is 4.84 Å². The summed E-state index contributed by atoms with van der Waals surface area (Å²) in [5, 5.41) is 0.0908. The highest BCUT2D eigenvalue weighted by atomic mass is 35.5. The van der Waals surface area contributed by atoms with Crippen LogP contribution in [0.1, 0.15) is 18.4 Å². The second kappa shape index (κ2) is 5.17. The average molecular weight is 305 g/mol. The smallest absolute Gasteiger partial charge is 0.398 e. The van der Waals surface area contributed by atoms with Crippen LogP contribution in [0, 0.1) is 17.8 Å². The molecular weight excluding hydrogens is 293 g/mol. The number of benzene rings is 1. The van der Waals surface area contributed by atoms with Gasteiger partial charge in [0.15, 0.2) is 0 Å². The van der Waals surface area contributed by atoms with Crippen molar-refractivity contribution in [2.45, 2.75) is 24.6 Å². The molecule has 1 saturated carbocycles. The molecule has 0 heterocycles. The van der Waals surface area contributed by atoms with Gasteiger partial charge in [-0.2, -0.15) is 13.2 Å². The largest absolute Gasteiger partial charge is 0.435 e. The van der Waals surface area contributed by atoms with Crippen molar-refractivity contribution in [1.82, 2.24) is 0 Å². The molecule has 0 aromatic heterocycles. The van der Waals surface area contributed by atoms with Gasteiger partial charge in [-0.1, -0.05) is 23.4 Å². The maximum Gasteiger partial charge on any atom is 0.435 e. The summed E-state index contributed by atoms with van der Waals surface area (Å²) >= 11 is 5.74. The van der Waals surface area contributed by atoms with Crippen LogP contribution in [0.4, 0.5) is 18.9 Å². The summed E-state index contributed by atoms with van der Waals surface area (Å²) in [6.45, 7) is 0. The molecule has 7 heteroatoms. The molecule has 20 heavy (non-hydrogen) atoms. The molecule has 1 aromatic rings. The molecule has 3 nitrogen and oxygen atoms in total. The molecule has 0 aliphatic heterocycles. The van der Waals surface area contributed by atoms with E-state index in [4.69, 9.17) is 23.2 Å². The molecule has 0 spiro atoms. The van der Waals surface area contributed by atoms with Crippen LogP contribution >= 0.6 is 11.6 Å². The molecule has 0 unspecified atom stereocenters. The first-order valence-electron chi connectivity index (χ1n) is 5.83. The van der Waals surface area contributed by atoms with Gasteiger partial charge in [0.05, 0.1) is 0 Å². The van der Waals surface area contributed by atoms with Crippen molar-refractivity contribution in [3.63, 3.8) is 0 Å². The van der Waals surface area contributed by atoms with Gasteiger partial charge >= 0.3 is 6.18 Å². The highest BCUT2D eigenvalue weighted by Crippen LogP contribution is 2.44. The lowest BCUT2D eigenvalue weighted by atomic mass is 9.91. The van der Waals surface area contributed by atoms with Crippen molar-refractivity contribution < 1.29 is 18.0 Å². The first kappa shape index (κ1) is 15.0. The van der Waals surface area contributed by atoms with Crippen molar-refractivity contribution in [1.29, 1.82) is 0 Å². The number of rotatable bonds is 2. The van der Waals surface area contributed by atoms with Gasteiger partial charge in [0.25, 0.3) is 5.60 Å². The van der Waals surface area contributed by atoms with E-state index in [1.807, 2.05) is 0 Å². The van der Waals surface area contributed by atoms with Gasteiger partial charge in [0.2, 0.25) is 0 Å². The molecule has 1 aliphatic rings. The summed E-state index contributed by atoms with van der Waals surface area (Å²) in [4.78, 5) is 4.27. The van der Waals surface area contributed by atoms with E-state index in [9.17, 15) is 13.2 Å². The Hall–Kier alpha value is -1.42. The summed E-state index contributed by atoms with van der Waals surface area (Å²) in [5.41, 5.74) is 2.11. The summed E-state index contributed by atoms with van der Waals surface area (Å²) in [6.07, 6.45) is -3.30. The standard InChI is InChI=1S/C13H12ClF3N2O/c14-9-3-4-11(18)10(7-9)12(20-19,13(15,16)17)6-5-8-1-2-8/h3-4,7-8H,1-2,18-19H2/t12-/m0/s1. The van der Waals surface area contributed by atoms with Crippen LogP contribution in [0.2, 0.25) is 5.02 Å². The quantitative estimate of drug-likeness (QED) is 0.501. The fraction of sp³-hybridized carbons (Fsp3) is 0.385. The zero-order valence-electron chi connectivity index (χ0n) is 10.3. The minimum atomic E-state index is -4.84. The lowest BCUT2D eigenvalue weighted by Crippen LogP contribution is -2.46. The molecule has 0 bridgehead atoms. The number of halogens is 4. The molecule has 0 amide bonds. The van der Waals surface area contributed by atoms with E-state index in [0.29, 0.717) is 0 Å². The van der Waals surface area contributed by atoms with E-state index < -0.39 is 17.3 Å². The van der Waals surface area contributed by atoms with E-state index in [-0.39, 0.29) is 16.6 Å². The van der Waals surface area contributed by atoms with E-state index in [2.05, 4.69) is 16.7 Å². The average Bonchev–Trinajstić information content (AvgIpc) is 3.17. The molecule has 0 radical (unpaired) electrons. The monoisotopic (exact) mass is 304 g/mol. The normalized spacial score (nSPS) is 18.1. The van der Waals surface area contributed by atoms with E-state index in [1.54, 1.807) is 0 Å². The predicted molar refractivity (Wildman–Crippen MR) is 69.4 cm³/mol. The molecule has 1 fully saturated rings. The first-order chi connectivity index (χ1) is 9.30. The molecule has 2 rings (SSSR count). The molecule has 4 N–H and O–H groups in total. The molecule has 1 aliphatic carbocycles. The lowest BCUT2D eigenvalue weighted by molar-refractivity contribution is -0.260. The van der Waals surface area contributed by atoms with Gasteiger partial charge in [-0.25, -0.2) is 5.90 Å². The van der Waals surface area contributed by atoms with Crippen molar-refractivity contribution in [3.05, 3.63) is 28.8 Å². The Kier molecular flexibility index (Phi) is 3.87. The van der Waals surface area contributed by atoms with Crippen LogP contribution in [0.25, 0.3) is 0 Å². The third kappa shape index (κ3) is 2.70. The fourth-order valence-electron chi connectivity index (χ4n) is 1.72. The second-order valence-electron chi connectivity index (χ2n) is 4.57. The minimum Gasteiger partial charge on any atom is -0.398 e. The number of nitrogens with two attached hydrogens (primary N) is 2. The number of anilines is 1. The maximum absolute atomic E-state index is 13.4. The maximum atomic E-state index is 13.4. The Morgan fingerprint density at radius 3 is 2.45 bits per heavy atom. The van der Waals surface area contributed by atoms with Crippen LogP contribution in [0.3, 0.4) is 0 Å². The zero-order valence-corrected chi connectivity index (χ0v) is 11.1. The van der Waals surface area contributed by atoms with Crippen molar-refractivity contribution in [2.75, 3.05) is 5.73 Å². The molecule has 1 aromatic carbocycles. The summed E-state index contributed by atoms with van der Waals surface area (Å²) in [5.74, 6) is 9.52. The van der Waals surface area contributed by atoms with Crippen LogP contribution in [-0.2, 0) is 10.4 Å². The fourth-order valence-corrected chi connectivity index (χ4v) is 1.89. The van der Waals surface area contributed by atoms with E-state index in [0.717, 1.165) is 18.9 Å². The highest BCUT2D eigenvalue weighted by molar-refractivity contribution is 6.30. The molecular formula is C13H12ClF3N2O. The van der Waals surface area contributed by atoms with Crippen molar-refractivity contribution in [3.8, 4) is 11.8 Å². The molecule has 0 saturated heterocycles. The Labute approximate surface area is 119 Å². The number of hydrogen-bond donors (Lipinski definition) is 2. The molecule has 1 atom stereocenters. The number of hydrogen-bond acceptors (Lipinski definition) is 3. The van der Waals surface area contributed by atoms with Crippen LogP contribution < -0.4 is 11.6 Å². The topological polar surface area (TPSA) is 61.3 Å². The number of alkyl halides is 3. The predicted octanol–water partition coefficient (Wildman–Crippen LogP) is 2.98. The summed E-state index contributed by atoms with van der Waals surface area (Å²) in [7, 11) is 0. The zero-order chi connectivity index (χ0) is 15.0. The van der Waals surface area contributed by atoms with Crippen LogP contribution in [0.5, 0.6) is 0 Å². The summed E-state index contributed by atoms with van der Waals surface area (Å²) < 4.78 is 40.3. The van der Waals surface area contributed by atoms with E-state index >= 15 is 0 Å². The molecule has 108 valence electrons. The van der Waals surface area contributed by atoms with Crippen LogP contribution in [0.15, 0.2) is 18.2 Å². The SMILES string of the molecule is NO[C@@](C#CC1CC1)(c1cc(Cl)ccc1N)C(F)(F)F. The minimum absolute atomic E-state index is 0.0488. The lowest BCUT2D eigenvalue weighted by Gasteiger charge is -2.30. The van der Waals surface area contributed by atoms with Gasteiger partial charge in [-0.05, 0) is 31.0 Å². The van der Waals surface area contributed by atoms with Crippen molar-refractivity contribution >= 4 is 17.3 Å². The first-order valence-corrected chi connectivity index (χ1v) is 6.21. The third-order valence-corrected chi connectivity index (χ3v) is 3.24. The summed E-state index contributed by atoms with van der Waals surface area (Å²) in [6, 6.07) is 3.71. The number of nitrogen functional groups attached to an aromatic ring is 1.